The number of hydrogen-bond acceptors (Lipinski definition) is 4. The first-order chi connectivity index (χ1) is 15.3. The molecule has 1 aromatic carbocycles. The number of halogens is 1. The van der Waals surface area contributed by atoms with Crippen molar-refractivity contribution in [2.75, 3.05) is 13.1 Å². The molecule has 1 fully saturated rings. The van der Waals surface area contributed by atoms with E-state index in [1.54, 1.807) is 22.9 Å². The van der Waals surface area contributed by atoms with E-state index in [1.807, 2.05) is 33.7 Å². The van der Waals surface area contributed by atoms with Gasteiger partial charge in [-0.3, -0.25) is 19.3 Å². The molecule has 9 heteroatoms. The average Bonchev–Trinajstić information content (AvgIpc) is 3.05. The number of fused-ring (bicyclic) bond motifs is 5. The van der Waals surface area contributed by atoms with Gasteiger partial charge in [-0.25, -0.2) is 0 Å². The van der Waals surface area contributed by atoms with E-state index in [2.05, 4.69) is 15.9 Å². The Kier molecular flexibility index (Phi) is 5.17. The molecule has 2 aromatic heterocycles. The van der Waals surface area contributed by atoms with Gasteiger partial charge >= 0.3 is 11.9 Å². The molecule has 0 saturated carbocycles. The molecule has 166 valence electrons. The van der Waals surface area contributed by atoms with Gasteiger partial charge in [0.25, 0.3) is 5.56 Å². The highest BCUT2D eigenvalue weighted by atomic mass is 79.9. The van der Waals surface area contributed by atoms with Gasteiger partial charge < -0.3 is 19.3 Å². The lowest BCUT2D eigenvalue weighted by atomic mass is 9.82. The molecule has 2 aliphatic rings. The molecule has 0 amide bonds. The lowest BCUT2D eigenvalue weighted by Crippen LogP contribution is -2.49. The topological polar surface area (TPSA) is 105 Å². The Labute approximate surface area is 191 Å². The molecule has 32 heavy (non-hydrogen) atoms. The number of nitrogens with zero attached hydrogens (tertiary/aromatic N) is 3. The quantitative estimate of drug-likeness (QED) is 0.559. The number of rotatable bonds is 5. The minimum Gasteiger partial charge on any atom is -0.480 e. The summed E-state index contributed by atoms with van der Waals surface area (Å²) in [7, 11) is 0. The summed E-state index contributed by atoms with van der Waals surface area (Å²) in [6.45, 7) is 1.43. The van der Waals surface area contributed by atoms with Gasteiger partial charge in [0.2, 0.25) is 0 Å². The van der Waals surface area contributed by atoms with Crippen LogP contribution in [0.25, 0.3) is 10.9 Å². The first-order valence-electron chi connectivity index (χ1n) is 10.5. The van der Waals surface area contributed by atoms with Crippen LogP contribution in [0.2, 0.25) is 0 Å². The summed E-state index contributed by atoms with van der Waals surface area (Å²) in [6.07, 6.45) is 2.59. The zero-order valence-electron chi connectivity index (χ0n) is 17.1. The molecule has 0 spiro atoms. The molecule has 2 aliphatic heterocycles. The van der Waals surface area contributed by atoms with Crippen molar-refractivity contribution in [3.8, 4) is 0 Å². The number of hydrogen-bond donors (Lipinski definition) is 2. The smallest absolute Gasteiger partial charge is 0.325 e. The normalized spacial score (nSPS) is 21.3. The third kappa shape index (κ3) is 3.55. The van der Waals surface area contributed by atoms with Crippen LogP contribution in [0.15, 0.2) is 51.9 Å². The van der Waals surface area contributed by atoms with Crippen molar-refractivity contribution < 1.29 is 19.8 Å². The molecule has 3 atom stereocenters. The van der Waals surface area contributed by atoms with Crippen LogP contribution < -0.4 is 5.56 Å². The number of carboxylic acids is 2. The summed E-state index contributed by atoms with van der Waals surface area (Å²) in [5.74, 6) is -1.69. The van der Waals surface area contributed by atoms with Gasteiger partial charge in [-0.2, -0.15) is 0 Å². The van der Waals surface area contributed by atoms with E-state index in [0.29, 0.717) is 30.7 Å². The molecule has 4 heterocycles. The second kappa shape index (κ2) is 7.90. The lowest BCUT2D eigenvalue weighted by molar-refractivity contribution is -0.144. The van der Waals surface area contributed by atoms with Crippen LogP contribution in [0.5, 0.6) is 0 Å². The van der Waals surface area contributed by atoms with Crippen molar-refractivity contribution in [1.29, 1.82) is 0 Å². The van der Waals surface area contributed by atoms with Gasteiger partial charge in [-0.15, -0.1) is 0 Å². The van der Waals surface area contributed by atoms with Crippen molar-refractivity contribution in [2.24, 2.45) is 5.92 Å². The van der Waals surface area contributed by atoms with Crippen LogP contribution in [0.1, 0.15) is 29.6 Å². The molecule has 0 aliphatic carbocycles. The van der Waals surface area contributed by atoms with Crippen molar-refractivity contribution in [2.45, 2.75) is 31.5 Å². The number of carbonyl (C=O) groups is 2. The first-order valence-corrected chi connectivity index (χ1v) is 11.3. The molecule has 8 nitrogen and oxygen atoms in total. The monoisotopic (exact) mass is 499 g/mol. The van der Waals surface area contributed by atoms with E-state index < -0.39 is 18.0 Å². The summed E-state index contributed by atoms with van der Waals surface area (Å²) >= 11 is 3.42. The molecule has 2 N–H and O–H groups in total. The SMILES string of the molecule is O=C(O)Cn1cc(C(C(=O)O)N2C[C@H]3C[C@H](C2)c2cccc(=O)n2C3)c2ccc(Br)cc21. The maximum Gasteiger partial charge on any atom is 0.325 e. The van der Waals surface area contributed by atoms with Gasteiger partial charge in [0.1, 0.15) is 12.6 Å². The molecule has 5 rings (SSSR count). The Morgan fingerprint density at radius 2 is 1.94 bits per heavy atom. The summed E-state index contributed by atoms with van der Waals surface area (Å²) in [4.78, 5) is 38.2. The summed E-state index contributed by atoms with van der Waals surface area (Å²) in [6, 6.07) is 9.87. The third-order valence-corrected chi connectivity index (χ3v) is 7.08. The van der Waals surface area contributed by atoms with Gasteiger partial charge in [0, 0.05) is 58.9 Å². The minimum absolute atomic E-state index is 0.0113. The van der Waals surface area contributed by atoms with Crippen LogP contribution >= 0.6 is 15.9 Å². The van der Waals surface area contributed by atoms with E-state index in [9.17, 15) is 24.6 Å². The van der Waals surface area contributed by atoms with E-state index in [1.165, 1.54) is 0 Å². The Morgan fingerprint density at radius 1 is 1.12 bits per heavy atom. The zero-order chi connectivity index (χ0) is 22.6. The van der Waals surface area contributed by atoms with E-state index in [4.69, 9.17) is 0 Å². The summed E-state index contributed by atoms with van der Waals surface area (Å²) in [5.41, 5.74) is 2.21. The molecule has 2 bridgehead atoms. The molecule has 1 unspecified atom stereocenters. The van der Waals surface area contributed by atoms with Gasteiger partial charge in [-0.05, 0) is 30.5 Å². The maximum atomic E-state index is 12.5. The number of pyridine rings is 1. The highest BCUT2D eigenvalue weighted by Crippen LogP contribution is 2.40. The summed E-state index contributed by atoms with van der Waals surface area (Å²) in [5, 5.41) is 20.3. The molecular weight excluding hydrogens is 478 g/mol. The van der Waals surface area contributed by atoms with Gasteiger partial charge in [0.05, 0.1) is 5.52 Å². The minimum atomic E-state index is -0.991. The summed E-state index contributed by atoms with van der Waals surface area (Å²) < 4.78 is 4.21. The second-order valence-electron chi connectivity index (χ2n) is 8.66. The predicted octanol–water partition coefficient (Wildman–Crippen LogP) is 2.90. The fourth-order valence-corrected chi connectivity index (χ4v) is 5.77. The predicted molar refractivity (Wildman–Crippen MR) is 121 cm³/mol. The van der Waals surface area contributed by atoms with Crippen LogP contribution in [0.3, 0.4) is 0 Å². The Bertz CT molecular complexity index is 1300. The van der Waals surface area contributed by atoms with Crippen molar-refractivity contribution in [1.82, 2.24) is 14.0 Å². The standard InChI is InChI=1S/C23H22BrN3O5/c24-15-4-5-16-17(11-25(12-21(29)30)19(16)7-15)22(23(31)32)26-8-13-6-14(10-26)18-2-1-3-20(28)27(18)9-13/h1-5,7,11,13-14,22H,6,8-10,12H2,(H,29,30)(H,31,32)/t13-,14-,22?/m1/s1. The van der Waals surface area contributed by atoms with Gasteiger partial charge in [0.15, 0.2) is 0 Å². The zero-order valence-corrected chi connectivity index (χ0v) is 18.7. The number of aromatic nitrogens is 2. The average molecular weight is 500 g/mol. The number of likely N-dealkylation sites (tertiary alicyclic amines) is 1. The third-order valence-electron chi connectivity index (χ3n) is 6.58. The maximum absolute atomic E-state index is 12.5. The fraction of sp³-hybridized carbons (Fsp3) is 0.348. The molecule has 0 radical (unpaired) electrons. The molecule has 3 aromatic rings. The highest BCUT2D eigenvalue weighted by molar-refractivity contribution is 9.10. The second-order valence-corrected chi connectivity index (χ2v) is 9.58. The van der Waals surface area contributed by atoms with Crippen LogP contribution in [-0.4, -0.2) is 49.3 Å². The number of benzene rings is 1. The molecular formula is C23H22BrN3O5. The number of carboxylic acid groups (broad SMARTS) is 2. The van der Waals surface area contributed by atoms with E-state index in [0.717, 1.165) is 22.0 Å². The van der Waals surface area contributed by atoms with Crippen LogP contribution in [0, 0.1) is 5.92 Å². The number of aliphatic carboxylic acids is 2. The number of piperidine rings is 1. The van der Waals surface area contributed by atoms with Crippen molar-refractivity contribution in [3.63, 3.8) is 0 Å². The van der Waals surface area contributed by atoms with Crippen LogP contribution in [-0.2, 0) is 22.7 Å². The van der Waals surface area contributed by atoms with Crippen molar-refractivity contribution >= 4 is 38.8 Å². The first kappa shape index (κ1) is 21.0. The molecule has 1 saturated heterocycles. The lowest BCUT2D eigenvalue weighted by Gasteiger charge is -2.44. The van der Waals surface area contributed by atoms with E-state index >= 15 is 0 Å². The van der Waals surface area contributed by atoms with Crippen LogP contribution in [0.4, 0.5) is 0 Å². The van der Waals surface area contributed by atoms with Crippen molar-refractivity contribution in [3.05, 3.63) is 68.7 Å². The Hall–Kier alpha value is -2.91. The fourth-order valence-electron chi connectivity index (χ4n) is 5.42. The highest BCUT2D eigenvalue weighted by Gasteiger charge is 2.40. The Balaban J connectivity index is 1.57. The van der Waals surface area contributed by atoms with E-state index in [-0.39, 0.29) is 23.9 Å². The Morgan fingerprint density at radius 3 is 2.69 bits per heavy atom. The van der Waals surface area contributed by atoms with Gasteiger partial charge in [-0.1, -0.05) is 28.1 Å². The largest absolute Gasteiger partial charge is 0.480 e.